The molecule has 0 aliphatic carbocycles. The molecular formula is C14H30Zn. The zero-order valence-electron chi connectivity index (χ0n) is 11.2. The molecule has 15 heavy (non-hydrogen) atoms. The van der Waals surface area contributed by atoms with Gasteiger partial charge in [-0.1, -0.05) is 90.9 Å². The third-order valence-electron chi connectivity index (χ3n) is 2.96. The van der Waals surface area contributed by atoms with E-state index in [1.807, 2.05) is 0 Å². The van der Waals surface area contributed by atoms with Gasteiger partial charge in [0.05, 0.1) is 0 Å². The van der Waals surface area contributed by atoms with E-state index in [0.29, 0.717) is 0 Å². The van der Waals surface area contributed by atoms with Crippen LogP contribution < -0.4 is 0 Å². The molecule has 1 heteroatoms. The first-order valence-electron chi connectivity index (χ1n) is 6.91. The van der Waals surface area contributed by atoms with Crippen LogP contribution in [0.3, 0.4) is 0 Å². The number of unbranched alkanes of at least 4 members (excludes halogenated alkanes) is 11. The van der Waals surface area contributed by atoms with Crippen LogP contribution in [0, 0.1) is 0 Å². The average Bonchev–Trinajstić information content (AvgIpc) is 2.21. The molecule has 0 aliphatic rings. The molecule has 0 aromatic heterocycles. The Morgan fingerprint density at radius 3 is 0.800 bits per heavy atom. The van der Waals surface area contributed by atoms with Crippen molar-refractivity contribution >= 4 is 0 Å². The van der Waals surface area contributed by atoms with E-state index >= 15 is 0 Å². The predicted molar refractivity (Wildman–Crippen MR) is 66.8 cm³/mol. The third-order valence-corrected chi connectivity index (χ3v) is 2.96. The molecule has 0 unspecified atom stereocenters. The summed E-state index contributed by atoms with van der Waals surface area (Å²) in [5.74, 6) is 0. The van der Waals surface area contributed by atoms with Crippen molar-refractivity contribution < 1.29 is 19.5 Å². The second kappa shape index (κ2) is 17.0. The molecule has 0 spiro atoms. The Morgan fingerprint density at radius 2 is 0.600 bits per heavy atom. The van der Waals surface area contributed by atoms with Crippen molar-refractivity contribution in [2.75, 3.05) is 0 Å². The van der Waals surface area contributed by atoms with Crippen LogP contribution >= 0.6 is 0 Å². The standard InChI is InChI=1S/C14H30.Zn/c1-3-5-7-9-11-13-14-12-10-8-6-4-2;/h3-14H2,1-2H3;. The zero-order valence-corrected chi connectivity index (χ0v) is 14.2. The van der Waals surface area contributed by atoms with Crippen LogP contribution in [0.4, 0.5) is 0 Å². The molecule has 0 heterocycles. The minimum Gasteiger partial charge on any atom is -0.0654 e. The van der Waals surface area contributed by atoms with Gasteiger partial charge in [-0.15, -0.1) is 0 Å². The second-order valence-electron chi connectivity index (χ2n) is 4.54. The van der Waals surface area contributed by atoms with Crippen LogP contribution in [-0.4, -0.2) is 0 Å². The van der Waals surface area contributed by atoms with Crippen LogP contribution in [0.1, 0.15) is 90.9 Å². The SMILES string of the molecule is CCCCCCCCCCCCCC.[Zn]. The normalized spacial score (nSPS) is 10.0. The molecule has 0 radical (unpaired) electrons. The van der Waals surface area contributed by atoms with Crippen molar-refractivity contribution in [2.24, 2.45) is 0 Å². The Morgan fingerprint density at radius 1 is 0.400 bits per heavy atom. The molecule has 0 saturated heterocycles. The molecule has 0 aliphatic heterocycles. The van der Waals surface area contributed by atoms with Gasteiger partial charge in [0.15, 0.2) is 0 Å². The molecule has 0 aromatic carbocycles. The summed E-state index contributed by atoms with van der Waals surface area (Å²) in [5.41, 5.74) is 0. The van der Waals surface area contributed by atoms with Crippen LogP contribution in [0.15, 0.2) is 0 Å². The maximum Gasteiger partial charge on any atom is 0 e. The van der Waals surface area contributed by atoms with Crippen molar-refractivity contribution in [3.05, 3.63) is 0 Å². The first-order valence-corrected chi connectivity index (χ1v) is 6.91. The van der Waals surface area contributed by atoms with E-state index in [4.69, 9.17) is 0 Å². The van der Waals surface area contributed by atoms with E-state index in [1.54, 1.807) is 0 Å². The molecule has 88 valence electrons. The number of rotatable bonds is 11. The third kappa shape index (κ3) is 17.2. The Balaban J connectivity index is 0. The van der Waals surface area contributed by atoms with E-state index in [0.717, 1.165) is 0 Å². The minimum absolute atomic E-state index is 0. The Labute approximate surface area is 110 Å². The summed E-state index contributed by atoms with van der Waals surface area (Å²) < 4.78 is 0. The van der Waals surface area contributed by atoms with Gasteiger partial charge in [-0.3, -0.25) is 0 Å². The summed E-state index contributed by atoms with van der Waals surface area (Å²) >= 11 is 0. The van der Waals surface area contributed by atoms with Gasteiger partial charge in [0, 0.05) is 19.5 Å². The molecule has 0 bridgehead atoms. The van der Waals surface area contributed by atoms with Crippen LogP contribution in [0.2, 0.25) is 0 Å². The Bertz CT molecular complexity index is 79.3. The smallest absolute Gasteiger partial charge is 0 e. The average molecular weight is 264 g/mol. The van der Waals surface area contributed by atoms with E-state index in [9.17, 15) is 0 Å². The maximum absolute atomic E-state index is 2.29. The van der Waals surface area contributed by atoms with Gasteiger partial charge in [-0.2, -0.15) is 0 Å². The van der Waals surface area contributed by atoms with Crippen LogP contribution in [0.5, 0.6) is 0 Å². The summed E-state index contributed by atoms with van der Waals surface area (Å²) in [6.07, 6.45) is 17.4. The van der Waals surface area contributed by atoms with E-state index in [2.05, 4.69) is 13.8 Å². The summed E-state index contributed by atoms with van der Waals surface area (Å²) in [7, 11) is 0. The molecular weight excluding hydrogens is 234 g/mol. The van der Waals surface area contributed by atoms with Gasteiger partial charge >= 0.3 is 0 Å². The first-order chi connectivity index (χ1) is 6.91. The Kier molecular flexibility index (Phi) is 20.4. The molecule has 0 rings (SSSR count). The van der Waals surface area contributed by atoms with Gasteiger partial charge in [0.1, 0.15) is 0 Å². The van der Waals surface area contributed by atoms with E-state index < -0.39 is 0 Å². The minimum atomic E-state index is 0. The van der Waals surface area contributed by atoms with Crippen molar-refractivity contribution in [3.63, 3.8) is 0 Å². The molecule has 0 fully saturated rings. The summed E-state index contributed by atoms with van der Waals surface area (Å²) in [6, 6.07) is 0. The zero-order chi connectivity index (χ0) is 10.5. The maximum atomic E-state index is 2.29. The van der Waals surface area contributed by atoms with Crippen LogP contribution in [0.25, 0.3) is 0 Å². The molecule has 0 N–H and O–H groups in total. The van der Waals surface area contributed by atoms with E-state index in [1.165, 1.54) is 77.0 Å². The van der Waals surface area contributed by atoms with Crippen molar-refractivity contribution in [1.29, 1.82) is 0 Å². The van der Waals surface area contributed by atoms with Gasteiger partial charge in [0.2, 0.25) is 0 Å². The van der Waals surface area contributed by atoms with Gasteiger partial charge in [0.25, 0.3) is 0 Å². The van der Waals surface area contributed by atoms with Gasteiger partial charge < -0.3 is 0 Å². The van der Waals surface area contributed by atoms with Crippen molar-refractivity contribution in [2.45, 2.75) is 90.9 Å². The molecule has 0 saturated carbocycles. The fraction of sp³-hybridized carbons (Fsp3) is 1.00. The Hall–Kier alpha value is 0.623. The summed E-state index contributed by atoms with van der Waals surface area (Å²) in [6.45, 7) is 4.57. The summed E-state index contributed by atoms with van der Waals surface area (Å²) in [5, 5.41) is 0. The van der Waals surface area contributed by atoms with Crippen LogP contribution in [-0.2, 0) is 19.5 Å². The fourth-order valence-electron chi connectivity index (χ4n) is 1.91. The summed E-state index contributed by atoms with van der Waals surface area (Å²) in [4.78, 5) is 0. The monoisotopic (exact) mass is 262 g/mol. The van der Waals surface area contributed by atoms with Crippen molar-refractivity contribution in [1.82, 2.24) is 0 Å². The molecule has 0 nitrogen and oxygen atoms in total. The molecule has 0 amide bonds. The van der Waals surface area contributed by atoms with E-state index in [-0.39, 0.29) is 19.5 Å². The second-order valence-corrected chi connectivity index (χ2v) is 4.54. The van der Waals surface area contributed by atoms with Gasteiger partial charge in [-0.05, 0) is 0 Å². The van der Waals surface area contributed by atoms with Gasteiger partial charge in [-0.25, -0.2) is 0 Å². The van der Waals surface area contributed by atoms with Crippen molar-refractivity contribution in [3.8, 4) is 0 Å². The molecule has 0 atom stereocenters. The first kappa shape index (κ1) is 18.0. The fourth-order valence-corrected chi connectivity index (χ4v) is 1.91. The largest absolute Gasteiger partial charge is 0.0654 e. The quantitative estimate of drug-likeness (QED) is 0.331. The predicted octanol–water partition coefficient (Wildman–Crippen LogP) is 5.70. The topological polar surface area (TPSA) is 0 Å². The number of hydrogen-bond acceptors (Lipinski definition) is 0. The molecule has 0 aromatic rings. The number of hydrogen-bond donors (Lipinski definition) is 0.